The minimum atomic E-state index is -1.11. The Hall–Kier alpha value is -0.410. The second-order valence-corrected chi connectivity index (χ2v) is 2.30. The van der Waals surface area contributed by atoms with E-state index in [1.807, 2.05) is 0 Å². The number of nitrogens with zero attached hydrogens (tertiary/aromatic N) is 1. The molecule has 1 aliphatic rings. The zero-order valence-corrected chi connectivity index (χ0v) is 5.72. The fourth-order valence-corrected chi connectivity index (χ4v) is 0.709. The molecule has 52 valence electrons. The Morgan fingerprint density at radius 1 is 1.78 bits per heavy atom. The minimum Gasteiger partial charge on any atom is -0.361 e. The fourth-order valence-electron chi connectivity index (χ4n) is 0.709. The van der Waals surface area contributed by atoms with Crippen LogP contribution >= 0.6 is 0 Å². The summed E-state index contributed by atoms with van der Waals surface area (Å²) in [5.41, 5.74) is 0.661. The minimum absolute atomic E-state index is 0.518. The molecule has 1 rings (SSSR count). The first-order chi connectivity index (χ1) is 4.13. The predicted octanol–water partition coefficient (Wildman–Crippen LogP) is 0.186. The summed E-state index contributed by atoms with van der Waals surface area (Å²) in [6.07, 6.45) is 0. The summed E-state index contributed by atoms with van der Waals surface area (Å²) in [5.74, 6) is -1.11. The average molecular weight is 129 g/mol. The molecule has 3 nitrogen and oxygen atoms in total. The van der Waals surface area contributed by atoms with Crippen molar-refractivity contribution in [3.05, 3.63) is 0 Å². The van der Waals surface area contributed by atoms with Gasteiger partial charge in [-0.05, 0) is 13.8 Å². The predicted molar refractivity (Wildman–Crippen MR) is 34.6 cm³/mol. The fraction of sp³-hybridized carbons (Fsp3) is 0.833. The second-order valence-electron chi connectivity index (χ2n) is 2.30. The molecule has 0 saturated carbocycles. The molecule has 1 unspecified atom stereocenters. The van der Waals surface area contributed by atoms with Crippen LogP contribution in [0.25, 0.3) is 0 Å². The van der Waals surface area contributed by atoms with Gasteiger partial charge >= 0.3 is 0 Å². The molecule has 1 atom stereocenters. The topological polar surface area (TPSA) is 41.8 Å². The summed E-state index contributed by atoms with van der Waals surface area (Å²) in [5, 5.41) is 9.29. The Morgan fingerprint density at radius 3 is 2.78 bits per heavy atom. The Balaban J connectivity index is 2.73. The lowest BCUT2D eigenvalue weighted by atomic mass is 10.2. The highest BCUT2D eigenvalue weighted by Crippen LogP contribution is 2.11. The molecule has 0 bridgehead atoms. The largest absolute Gasteiger partial charge is 0.361 e. The highest BCUT2D eigenvalue weighted by Gasteiger charge is 2.26. The van der Waals surface area contributed by atoms with Crippen molar-refractivity contribution in [3.8, 4) is 0 Å². The highest BCUT2D eigenvalue weighted by atomic mass is 16.6. The Morgan fingerprint density at radius 2 is 2.44 bits per heavy atom. The molecule has 1 N–H and O–H groups in total. The van der Waals surface area contributed by atoms with Gasteiger partial charge in [0.15, 0.2) is 0 Å². The van der Waals surface area contributed by atoms with E-state index >= 15 is 0 Å². The molecule has 0 radical (unpaired) electrons. The quantitative estimate of drug-likeness (QED) is 0.507. The van der Waals surface area contributed by atoms with Crippen molar-refractivity contribution < 1.29 is 9.84 Å². The molecule has 1 aliphatic heterocycles. The molecule has 0 aromatic carbocycles. The van der Waals surface area contributed by atoms with Crippen molar-refractivity contribution in [2.75, 3.05) is 13.2 Å². The van der Waals surface area contributed by atoms with Gasteiger partial charge in [-0.2, -0.15) is 0 Å². The van der Waals surface area contributed by atoms with E-state index in [4.69, 9.17) is 4.74 Å². The number of rotatable bonds is 0. The summed E-state index contributed by atoms with van der Waals surface area (Å²) < 4.78 is 5.00. The van der Waals surface area contributed by atoms with Crippen LogP contribution in [-0.2, 0) is 4.74 Å². The summed E-state index contributed by atoms with van der Waals surface area (Å²) in [7, 11) is 0. The lowest BCUT2D eigenvalue weighted by Crippen LogP contribution is -2.40. The third-order valence-corrected chi connectivity index (χ3v) is 1.49. The summed E-state index contributed by atoms with van der Waals surface area (Å²) in [6, 6.07) is 0. The second kappa shape index (κ2) is 2.08. The van der Waals surface area contributed by atoms with Crippen LogP contribution in [0, 0.1) is 0 Å². The first-order valence-corrected chi connectivity index (χ1v) is 3.01. The average Bonchev–Trinajstić information content (AvgIpc) is 1.77. The Kier molecular flexibility index (Phi) is 1.55. The summed E-state index contributed by atoms with van der Waals surface area (Å²) in [6.45, 7) is 4.55. The lowest BCUT2D eigenvalue weighted by Gasteiger charge is -2.26. The molecule has 1 heterocycles. The van der Waals surface area contributed by atoms with Gasteiger partial charge in [-0.15, -0.1) is 0 Å². The molecule has 0 saturated heterocycles. The summed E-state index contributed by atoms with van der Waals surface area (Å²) in [4.78, 5) is 4.02. The van der Waals surface area contributed by atoms with E-state index < -0.39 is 5.79 Å². The van der Waals surface area contributed by atoms with Crippen molar-refractivity contribution in [1.82, 2.24) is 0 Å². The molecule has 0 aliphatic carbocycles. The van der Waals surface area contributed by atoms with Crippen molar-refractivity contribution in [3.63, 3.8) is 0 Å². The van der Waals surface area contributed by atoms with Gasteiger partial charge in [0, 0.05) is 0 Å². The van der Waals surface area contributed by atoms with Crippen LogP contribution in [0.3, 0.4) is 0 Å². The van der Waals surface area contributed by atoms with Gasteiger partial charge in [0.2, 0.25) is 5.79 Å². The highest BCUT2D eigenvalue weighted by molar-refractivity contribution is 5.88. The van der Waals surface area contributed by atoms with Gasteiger partial charge in [0.05, 0.1) is 18.9 Å². The van der Waals surface area contributed by atoms with E-state index in [1.54, 1.807) is 13.8 Å². The van der Waals surface area contributed by atoms with Gasteiger partial charge in [-0.1, -0.05) is 0 Å². The van der Waals surface area contributed by atoms with Gasteiger partial charge in [0.1, 0.15) is 0 Å². The maximum Gasteiger partial charge on any atom is 0.202 e. The third kappa shape index (κ3) is 1.28. The number of ether oxygens (including phenoxy) is 1. The molecular formula is C6H11NO2. The van der Waals surface area contributed by atoms with Crippen LogP contribution in [0.2, 0.25) is 0 Å². The van der Waals surface area contributed by atoms with E-state index in [9.17, 15) is 5.11 Å². The zero-order valence-electron chi connectivity index (χ0n) is 5.72. The van der Waals surface area contributed by atoms with Crippen LogP contribution < -0.4 is 0 Å². The molecule has 0 aromatic heterocycles. The maximum atomic E-state index is 9.29. The molecule has 0 fully saturated rings. The zero-order chi connectivity index (χ0) is 6.91. The molecule has 0 aromatic rings. The third-order valence-electron chi connectivity index (χ3n) is 1.49. The Labute approximate surface area is 54.4 Å². The van der Waals surface area contributed by atoms with Gasteiger partial charge in [0.25, 0.3) is 0 Å². The van der Waals surface area contributed by atoms with Crippen molar-refractivity contribution in [2.24, 2.45) is 4.99 Å². The number of hydrogen-bond acceptors (Lipinski definition) is 3. The van der Waals surface area contributed by atoms with E-state index in [0.29, 0.717) is 18.9 Å². The smallest absolute Gasteiger partial charge is 0.202 e. The van der Waals surface area contributed by atoms with Crippen LogP contribution in [-0.4, -0.2) is 29.8 Å². The van der Waals surface area contributed by atoms with Crippen molar-refractivity contribution in [2.45, 2.75) is 19.6 Å². The maximum absolute atomic E-state index is 9.29. The summed E-state index contributed by atoms with van der Waals surface area (Å²) >= 11 is 0. The van der Waals surface area contributed by atoms with Crippen LogP contribution in [0.1, 0.15) is 13.8 Å². The van der Waals surface area contributed by atoms with E-state index in [-0.39, 0.29) is 0 Å². The molecular weight excluding hydrogens is 118 g/mol. The SMILES string of the molecule is CC1=NCCOC1(C)O. The number of aliphatic imine (C=N–C) groups is 1. The normalized spacial score (nSPS) is 36.1. The standard InChI is InChI=1S/C6H11NO2/c1-5-6(2,8)9-4-3-7-5/h8H,3-4H2,1-2H3. The lowest BCUT2D eigenvalue weighted by molar-refractivity contribution is -0.140. The van der Waals surface area contributed by atoms with Crippen LogP contribution in [0.5, 0.6) is 0 Å². The molecule has 0 spiro atoms. The Bertz CT molecular complexity index is 140. The van der Waals surface area contributed by atoms with Crippen molar-refractivity contribution in [1.29, 1.82) is 0 Å². The number of hydrogen-bond donors (Lipinski definition) is 1. The van der Waals surface area contributed by atoms with E-state index in [0.717, 1.165) is 0 Å². The van der Waals surface area contributed by atoms with E-state index in [1.165, 1.54) is 0 Å². The van der Waals surface area contributed by atoms with Crippen LogP contribution in [0.4, 0.5) is 0 Å². The van der Waals surface area contributed by atoms with Gasteiger partial charge < -0.3 is 9.84 Å². The van der Waals surface area contributed by atoms with Crippen LogP contribution in [0.15, 0.2) is 4.99 Å². The van der Waals surface area contributed by atoms with Crippen molar-refractivity contribution >= 4 is 5.71 Å². The molecule has 3 heteroatoms. The molecule has 0 amide bonds. The first kappa shape index (κ1) is 6.71. The monoisotopic (exact) mass is 129 g/mol. The number of aliphatic hydroxyl groups is 1. The first-order valence-electron chi connectivity index (χ1n) is 3.01. The van der Waals surface area contributed by atoms with Gasteiger partial charge in [-0.3, -0.25) is 4.99 Å². The van der Waals surface area contributed by atoms with Gasteiger partial charge in [-0.25, -0.2) is 0 Å². The van der Waals surface area contributed by atoms with E-state index in [2.05, 4.69) is 4.99 Å². The molecule has 9 heavy (non-hydrogen) atoms.